The molecule has 1 saturated carbocycles. The molecule has 1 aliphatic rings. The minimum Gasteiger partial charge on any atom is -0.481 e. The van der Waals surface area contributed by atoms with Crippen LogP contribution in [0.4, 0.5) is 11.4 Å². The topological polar surface area (TPSA) is 113 Å². The largest absolute Gasteiger partial charge is 0.481 e. The van der Waals surface area contributed by atoms with E-state index in [4.69, 9.17) is 0 Å². The molecule has 0 heterocycles. The Morgan fingerprint density at radius 2 is 1.88 bits per heavy atom. The maximum absolute atomic E-state index is 12.4. The number of nitro benzene ring substituents is 1. The summed E-state index contributed by atoms with van der Waals surface area (Å²) < 4.78 is 0. The molecule has 0 saturated heterocycles. The van der Waals surface area contributed by atoms with Gasteiger partial charge in [-0.25, -0.2) is 0 Å². The quantitative estimate of drug-likeness (QED) is 0.593. The van der Waals surface area contributed by atoms with Gasteiger partial charge in [0.1, 0.15) is 5.69 Å². The molecule has 1 fully saturated rings. The van der Waals surface area contributed by atoms with Crippen LogP contribution < -0.4 is 10.2 Å². The Labute approximate surface area is 152 Å². The van der Waals surface area contributed by atoms with Crippen LogP contribution >= 0.6 is 0 Å². The highest BCUT2D eigenvalue weighted by atomic mass is 16.6. The summed E-state index contributed by atoms with van der Waals surface area (Å²) in [5, 5.41) is 23.4. The molecular weight excluding hydrogens is 338 g/mol. The van der Waals surface area contributed by atoms with Gasteiger partial charge in [0.25, 0.3) is 5.69 Å². The van der Waals surface area contributed by atoms with Crippen LogP contribution in [0.5, 0.6) is 0 Å². The fourth-order valence-electron chi connectivity index (χ4n) is 3.45. The van der Waals surface area contributed by atoms with Gasteiger partial charge in [0, 0.05) is 19.2 Å². The number of carboxylic acid groups (broad SMARTS) is 1. The van der Waals surface area contributed by atoms with E-state index >= 15 is 0 Å². The Bertz CT molecular complexity index is 664. The highest BCUT2D eigenvalue weighted by Gasteiger charge is 2.30. The van der Waals surface area contributed by atoms with E-state index in [1.54, 1.807) is 25.2 Å². The van der Waals surface area contributed by atoms with Crippen LogP contribution in [0.15, 0.2) is 24.3 Å². The molecule has 0 aromatic heterocycles. The first-order chi connectivity index (χ1) is 12.4. The van der Waals surface area contributed by atoms with Gasteiger partial charge in [-0.1, -0.05) is 37.8 Å². The molecule has 0 radical (unpaired) electrons. The zero-order valence-electron chi connectivity index (χ0n) is 14.9. The normalized spacial score (nSPS) is 20.5. The number of carbonyl (C=O) groups is 2. The third-order valence-electron chi connectivity index (χ3n) is 4.80. The van der Waals surface area contributed by atoms with E-state index in [2.05, 4.69) is 5.32 Å². The standard InChI is InChI=1S/C18H25N3O5/c1-20(15-10-6-7-11-16(15)21(25)26)12-17(22)19-14-9-5-3-2-4-8-13(14)18(23)24/h6-7,10-11,13-14H,2-5,8-9,12H2,1H3,(H,19,22)(H,23,24). The number of likely N-dealkylation sites (N-methyl/N-ethyl adjacent to an activating group) is 1. The molecule has 0 bridgehead atoms. The van der Waals surface area contributed by atoms with Gasteiger partial charge in [-0.05, 0) is 18.9 Å². The highest BCUT2D eigenvalue weighted by Crippen LogP contribution is 2.27. The van der Waals surface area contributed by atoms with E-state index in [9.17, 15) is 24.8 Å². The summed E-state index contributed by atoms with van der Waals surface area (Å²) in [6.45, 7) is -0.0757. The number of nitro groups is 1. The summed E-state index contributed by atoms with van der Waals surface area (Å²) in [6.07, 6.45) is 4.98. The molecule has 8 heteroatoms. The second-order valence-corrected chi connectivity index (χ2v) is 6.71. The molecule has 2 rings (SSSR count). The molecular formula is C18H25N3O5. The third-order valence-corrected chi connectivity index (χ3v) is 4.80. The Hall–Kier alpha value is -2.64. The molecule has 2 N–H and O–H groups in total. The lowest BCUT2D eigenvalue weighted by molar-refractivity contribution is -0.384. The van der Waals surface area contributed by atoms with Crippen LogP contribution in [-0.2, 0) is 9.59 Å². The molecule has 1 aliphatic carbocycles. The van der Waals surface area contributed by atoms with E-state index in [-0.39, 0.29) is 18.1 Å². The van der Waals surface area contributed by atoms with Crippen LogP contribution in [-0.4, -0.2) is 41.5 Å². The molecule has 1 amide bonds. The Morgan fingerprint density at radius 3 is 2.54 bits per heavy atom. The van der Waals surface area contributed by atoms with Gasteiger partial charge in [-0.2, -0.15) is 0 Å². The number of benzene rings is 1. The number of aliphatic carboxylic acids is 1. The predicted octanol–water partition coefficient (Wildman–Crippen LogP) is 2.57. The van der Waals surface area contributed by atoms with Crippen molar-refractivity contribution in [2.45, 2.75) is 44.6 Å². The first-order valence-electron chi connectivity index (χ1n) is 8.87. The number of carboxylic acids is 1. The fourth-order valence-corrected chi connectivity index (χ4v) is 3.45. The minimum absolute atomic E-state index is 0.0721. The number of para-hydroxylation sites is 2. The van der Waals surface area contributed by atoms with Gasteiger partial charge < -0.3 is 15.3 Å². The van der Waals surface area contributed by atoms with Gasteiger partial charge in [0.05, 0.1) is 17.4 Å². The van der Waals surface area contributed by atoms with Crippen molar-refractivity contribution in [3.05, 3.63) is 34.4 Å². The van der Waals surface area contributed by atoms with Crippen LogP contribution in [0.2, 0.25) is 0 Å². The van der Waals surface area contributed by atoms with Crippen molar-refractivity contribution in [3.8, 4) is 0 Å². The first-order valence-corrected chi connectivity index (χ1v) is 8.87. The molecule has 0 aliphatic heterocycles. The molecule has 2 unspecified atom stereocenters. The van der Waals surface area contributed by atoms with Gasteiger partial charge in [0.15, 0.2) is 0 Å². The molecule has 142 valence electrons. The lowest BCUT2D eigenvalue weighted by atomic mass is 9.87. The molecule has 1 aromatic rings. The number of nitrogens with zero attached hydrogens (tertiary/aromatic N) is 2. The lowest BCUT2D eigenvalue weighted by Gasteiger charge is -2.28. The van der Waals surface area contributed by atoms with Crippen molar-refractivity contribution >= 4 is 23.3 Å². The van der Waals surface area contributed by atoms with Crippen molar-refractivity contribution in [1.82, 2.24) is 5.32 Å². The number of nitrogens with one attached hydrogen (secondary N) is 1. The Balaban J connectivity index is 2.04. The SMILES string of the molecule is CN(CC(=O)NC1CCCCCCC1C(=O)O)c1ccccc1[N+](=O)[O-]. The number of anilines is 1. The van der Waals surface area contributed by atoms with Gasteiger partial charge in [-0.15, -0.1) is 0 Å². The number of hydrogen-bond acceptors (Lipinski definition) is 5. The first kappa shape index (κ1) is 19.7. The smallest absolute Gasteiger partial charge is 0.308 e. The highest BCUT2D eigenvalue weighted by molar-refractivity contribution is 5.83. The van der Waals surface area contributed by atoms with Crippen LogP contribution in [0.1, 0.15) is 38.5 Å². The molecule has 1 aromatic carbocycles. The van der Waals surface area contributed by atoms with Crippen LogP contribution in [0.25, 0.3) is 0 Å². The van der Waals surface area contributed by atoms with E-state index < -0.39 is 22.9 Å². The monoisotopic (exact) mass is 363 g/mol. The summed E-state index contributed by atoms with van der Waals surface area (Å²) >= 11 is 0. The predicted molar refractivity (Wildman–Crippen MR) is 97.1 cm³/mol. The van der Waals surface area contributed by atoms with Crippen molar-refractivity contribution in [2.75, 3.05) is 18.5 Å². The maximum atomic E-state index is 12.4. The Kier molecular flexibility index (Phi) is 6.94. The number of hydrogen-bond donors (Lipinski definition) is 2. The third kappa shape index (κ3) is 5.18. The summed E-state index contributed by atoms with van der Waals surface area (Å²) in [5.74, 6) is -1.80. The zero-order chi connectivity index (χ0) is 19.1. The molecule has 0 spiro atoms. The molecule has 8 nitrogen and oxygen atoms in total. The minimum atomic E-state index is -0.885. The van der Waals surface area contributed by atoms with Gasteiger partial charge in [0.2, 0.25) is 5.91 Å². The zero-order valence-corrected chi connectivity index (χ0v) is 14.9. The Morgan fingerprint density at radius 1 is 1.23 bits per heavy atom. The van der Waals surface area contributed by atoms with E-state index in [1.165, 1.54) is 11.0 Å². The fraction of sp³-hybridized carbons (Fsp3) is 0.556. The average Bonchev–Trinajstić information content (AvgIpc) is 2.56. The number of carbonyl (C=O) groups excluding carboxylic acids is 1. The number of rotatable bonds is 6. The van der Waals surface area contributed by atoms with Gasteiger partial charge >= 0.3 is 5.97 Å². The molecule has 2 atom stereocenters. The van der Waals surface area contributed by atoms with Crippen LogP contribution in [0.3, 0.4) is 0 Å². The average molecular weight is 363 g/mol. The van der Waals surface area contributed by atoms with Crippen LogP contribution in [0, 0.1) is 16.0 Å². The van der Waals surface area contributed by atoms with Crippen molar-refractivity contribution in [1.29, 1.82) is 0 Å². The molecule has 26 heavy (non-hydrogen) atoms. The summed E-state index contributed by atoms with van der Waals surface area (Å²) in [5.41, 5.74) is 0.275. The second kappa shape index (κ2) is 9.17. The maximum Gasteiger partial charge on any atom is 0.308 e. The van der Waals surface area contributed by atoms with Crippen molar-refractivity contribution < 1.29 is 19.6 Å². The van der Waals surface area contributed by atoms with E-state index in [1.807, 2.05) is 0 Å². The van der Waals surface area contributed by atoms with Gasteiger partial charge in [-0.3, -0.25) is 19.7 Å². The van der Waals surface area contributed by atoms with Crippen molar-refractivity contribution in [3.63, 3.8) is 0 Å². The summed E-state index contributed by atoms with van der Waals surface area (Å²) in [7, 11) is 1.61. The van der Waals surface area contributed by atoms with E-state index in [0.29, 0.717) is 18.5 Å². The summed E-state index contributed by atoms with van der Waals surface area (Å²) in [6, 6.07) is 5.81. The van der Waals surface area contributed by atoms with E-state index in [0.717, 1.165) is 25.7 Å². The van der Waals surface area contributed by atoms with Crippen molar-refractivity contribution in [2.24, 2.45) is 5.92 Å². The summed E-state index contributed by atoms with van der Waals surface area (Å²) in [4.78, 5) is 36.1. The second-order valence-electron chi connectivity index (χ2n) is 6.71. The lowest BCUT2D eigenvalue weighted by Crippen LogP contribution is -2.47. The number of amides is 1.